The van der Waals surface area contributed by atoms with Crippen LogP contribution in [0.4, 0.5) is 22.7 Å². The molecule has 10 aromatic rings. The number of rotatable bonds is 7. The van der Waals surface area contributed by atoms with Crippen molar-refractivity contribution in [1.82, 2.24) is 9.13 Å². The van der Waals surface area contributed by atoms with Gasteiger partial charge in [-0.2, -0.15) is 0 Å². The highest BCUT2D eigenvalue weighted by Crippen LogP contribution is 2.42. The molecule has 2 aromatic heterocycles. The first kappa shape index (κ1) is 31.4. The van der Waals surface area contributed by atoms with Crippen molar-refractivity contribution in [2.75, 3.05) is 10.6 Å². The Bertz CT molecular complexity index is 2810. The molecule has 0 aliphatic carbocycles. The number of nitrogens with two attached hydrogens (primary N) is 1. The number of fused-ring (bicyclic) bond motifs is 6. The van der Waals surface area contributed by atoms with Crippen LogP contribution in [0.1, 0.15) is 11.1 Å². The van der Waals surface area contributed by atoms with E-state index in [2.05, 4.69) is 196 Å². The van der Waals surface area contributed by atoms with Gasteiger partial charge in [-0.15, -0.1) is 0 Å². The molecule has 0 saturated heterocycles. The molecule has 0 unspecified atom stereocenters. The third-order valence-electron chi connectivity index (χ3n) is 10.4. The van der Waals surface area contributed by atoms with Crippen LogP contribution in [0.15, 0.2) is 194 Å². The maximum Gasteiger partial charge on any atom is 0.0542 e. The number of hydrogen-bond acceptors (Lipinski definition) is 2. The molecule has 10 rings (SSSR count). The van der Waals surface area contributed by atoms with Crippen LogP contribution >= 0.6 is 0 Å². The lowest BCUT2D eigenvalue weighted by Gasteiger charge is -2.26. The van der Waals surface area contributed by atoms with E-state index in [0.717, 1.165) is 45.3 Å². The van der Waals surface area contributed by atoms with Crippen molar-refractivity contribution in [3.63, 3.8) is 0 Å². The fourth-order valence-corrected chi connectivity index (χ4v) is 7.89. The van der Waals surface area contributed by atoms with Crippen molar-refractivity contribution in [3.05, 3.63) is 205 Å². The molecule has 4 heteroatoms. The number of hydrogen-bond donors (Lipinski definition) is 1. The van der Waals surface area contributed by atoms with Crippen LogP contribution in [0.25, 0.3) is 67.1 Å². The van der Waals surface area contributed by atoms with Gasteiger partial charge >= 0.3 is 0 Å². The Hall–Kier alpha value is -7.30. The standard InChI is InChI=1S/C50H36N4/c51-37-25-21-35(22-26-37)19-20-36-23-27-40(28-24-36)52(41-29-31-49-45(33-41)43-15-7-9-17-47(43)53(49)38-11-3-1-4-12-38)42-30-32-50-46(34-42)44-16-8-10-18-48(44)54(50)39-13-5-2-6-14-39/h1-34H,51H2. The zero-order valence-corrected chi connectivity index (χ0v) is 29.5. The molecule has 0 fully saturated rings. The quantitative estimate of drug-likeness (QED) is 0.133. The molecule has 0 atom stereocenters. The minimum atomic E-state index is 0.766. The largest absolute Gasteiger partial charge is 0.399 e. The molecule has 0 spiro atoms. The van der Waals surface area contributed by atoms with E-state index in [1.807, 2.05) is 24.3 Å². The minimum absolute atomic E-state index is 0.766. The Morgan fingerprint density at radius 3 is 1.22 bits per heavy atom. The number of aromatic nitrogens is 2. The van der Waals surface area contributed by atoms with Gasteiger partial charge in [0.25, 0.3) is 0 Å². The van der Waals surface area contributed by atoms with Gasteiger partial charge in [0.2, 0.25) is 0 Å². The monoisotopic (exact) mass is 692 g/mol. The van der Waals surface area contributed by atoms with Crippen LogP contribution in [-0.2, 0) is 0 Å². The van der Waals surface area contributed by atoms with Gasteiger partial charge in [0.05, 0.1) is 22.1 Å². The average Bonchev–Trinajstić information content (AvgIpc) is 3.74. The maximum atomic E-state index is 5.92. The van der Waals surface area contributed by atoms with E-state index in [-0.39, 0.29) is 0 Å². The van der Waals surface area contributed by atoms with Crippen molar-refractivity contribution in [1.29, 1.82) is 0 Å². The molecule has 0 aliphatic heterocycles. The lowest BCUT2D eigenvalue weighted by atomic mass is 10.1. The van der Waals surface area contributed by atoms with Crippen LogP contribution in [0.3, 0.4) is 0 Å². The predicted molar refractivity (Wildman–Crippen MR) is 230 cm³/mol. The summed E-state index contributed by atoms with van der Waals surface area (Å²) >= 11 is 0. The fraction of sp³-hybridized carbons (Fsp3) is 0. The van der Waals surface area contributed by atoms with Crippen molar-refractivity contribution >= 4 is 78.5 Å². The van der Waals surface area contributed by atoms with E-state index in [1.54, 1.807) is 0 Å². The number of nitrogens with zero attached hydrogens (tertiary/aromatic N) is 3. The Balaban J connectivity index is 1.16. The maximum absolute atomic E-state index is 5.92. The number of benzene rings is 8. The van der Waals surface area contributed by atoms with Crippen LogP contribution in [0.5, 0.6) is 0 Å². The molecule has 0 saturated carbocycles. The van der Waals surface area contributed by atoms with Gasteiger partial charge in [-0.05, 0) is 108 Å². The van der Waals surface area contributed by atoms with Crippen LogP contribution in [0, 0.1) is 0 Å². The smallest absolute Gasteiger partial charge is 0.0542 e. The zero-order valence-electron chi connectivity index (χ0n) is 29.5. The molecular weight excluding hydrogens is 657 g/mol. The highest BCUT2D eigenvalue weighted by molar-refractivity contribution is 6.12. The van der Waals surface area contributed by atoms with Gasteiger partial charge in [-0.3, -0.25) is 0 Å². The lowest BCUT2D eigenvalue weighted by molar-refractivity contribution is 1.18. The minimum Gasteiger partial charge on any atom is -0.399 e. The van der Waals surface area contributed by atoms with E-state index in [1.165, 1.54) is 43.6 Å². The molecule has 8 aromatic carbocycles. The normalized spacial score (nSPS) is 11.7. The van der Waals surface area contributed by atoms with E-state index in [9.17, 15) is 0 Å². The van der Waals surface area contributed by atoms with E-state index in [0.29, 0.717) is 0 Å². The van der Waals surface area contributed by atoms with Crippen molar-refractivity contribution in [2.24, 2.45) is 0 Å². The molecule has 0 radical (unpaired) electrons. The summed E-state index contributed by atoms with van der Waals surface area (Å²) in [6.07, 6.45) is 4.27. The first-order valence-electron chi connectivity index (χ1n) is 18.3. The van der Waals surface area contributed by atoms with Crippen molar-refractivity contribution < 1.29 is 0 Å². The third kappa shape index (κ3) is 5.40. The predicted octanol–water partition coefficient (Wildman–Crippen LogP) is 13.1. The second-order valence-corrected chi connectivity index (χ2v) is 13.7. The molecule has 54 heavy (non-hydrogen) atoms. The fourth-order valence-electron chi connectivity index (χ4n) is 7.89. The summed E-state index contributed by atoms with van der Waals surface area (Å²) in [5.74, 6) is 0. The van der Waals surface area contributed by atoms with Crippen LogP contribution in [0.2, 0.25) is 0 Å². The zero-order chi connectivity index (χ0) is 36.0. The van der Waals surface area contributed by atoms with Gasteiger partial charge in [-0.25, -0.2) is 0 Å². The third-order valence-corrected chi connectivity index (χ3v) is 10.4. The number of para-hydroxylation sites is 4. The molecular formula is C50H36N4. The molecule has 0 bridgehead atoms. The van der Waals surface area contributed by atoms with E-state index >= 15 is 0 Å². The molecule has 256 valence electrons. The van der Waals surface area contributed by atoms with Gasteiger partial charge in [0.1, 0.15) is 0 Å². The number of nitrogen functional groups attached to an aromatic ring is 1. The van der Waals surface area contributed by atoms with Crippen molar-refractivity contribution in [3.8, 4) is 11.4 Å². The summed E-state index contributed by atoms with van der Waals surface area (Å²) in [6.45, 7) is 0. The lowest BCUT2D eigenvalue weighted by Crippen LogP contribution is -2.10. The summed E-state index contributed by atoms with van der Waals surface area (Å²) in [6, 6.07) is 69.2. The molecule has 4 nitrogen and oxygen atoms in total. The number of anilines is 4. The summed E-state index contributed by atoms with van der Waals surface area (Å²) in [4.78, 5) is 2.38. The summed E-state index contributed by atoms with van der Waals surface area (Å²) in [5.41, 5.74) is 19.2. The Kier molecular flexibility index (Phi) is 7.59. The molecule has 2 heterocycles. The Morgan fingerprint density at radius 2 is 0.741 bits per heavy atom. The SMILES string of the molecule is Nc1ccc(C=Cc2ccc(N(c3ccc4c(c3)c3ccccc3n4-c3ccccc3)c3ccc4c(c3)c3ccccc3n4-c3ccccc3)cc2)cc1. The summed E-state index contributed by atoms with van der Waals surface area (Å²) in [5, 5.41) is 4.87. The van der Waals surface area contributed by atoms with Crippen LogP contribution < -0.4 is 10.6 Å². The van der Waals surface area contributed by atoms with Crippen molar-refractivity contribution in [2.45, 2.75) is 0 Å². The highest BCUT2D eigenvalue weighted by Gasteiger charge is 2.19. The van der Waals surface area contributed by atoms with Gasteiger partial charge in [0, 0.05) is 55.7 Å². The molecule has 0 amide bonds. The van der Waals surface area contributed by atoms with Gasteiger partial charge < -0.3 is 19.8 Å². The highest BCUT2D eigenvalue weighted by atomic mass is 15.1. The van der Waals surface area contributed by atoms with E-state index < -0.39 is 0 Å². The topological polar surface area (TPSA) is 39.1 Å². The second kappa shape index (κ2) is 13.0. The Morgan fingerprint density at radius 1 is 0.352 bits per heavy atom. The first-order chi connectivity index (χ1) is 26.7. The van der Waals surface area contributed by atoms with Gasteiger partial charge in [-0.1, -0.05) is 109 Å². The molecule has 2 N–H and O–H groups in total. The van der Waals surface area contributed by atoms with Crippen LogP contribution in [-0.4, -0.2) is 9.13 Å². The van der Waals surface area contributed by atoms with Gasteiger partial charge in [0.15, 0.2) is 0 Å². The Labute approximate surface area is 313 Å². The second-order valence-electron chi connectivity index (χ2n) is 13.7. The van der Waals surface area contributed by atoms with E-state index in [4.69, 9.17) is 5.73 Å². The first-order valence-corrected chi connectivity index (χ1v) is 18.3. The summed E-state index contributed by atoms with van der Waals surface area (Å²) < 4.78 is 4.73. The summed E-state index contributed by atoms with van der Waals surface area (Å²) in [7, 11) is 0. The molecule has 0 aliphatic rings. The average molecular weight is 693 g/mol.